The highest BCUT2D eigenvalue weighted by Crippen LogP contribution is 2.28. The molecule has 3 N–H and O–H groups in total. The number of nitrogen functional groups attached to an aromatic ring is 1. The van der Waals surface area contributed by atoms with Gasteiger partial charge in [-0.25, -0.2) is 4.39 Å². The number of hydrogen-bond acceptors (Lipinski definition) is 2. The molecule has 2 nitrogen and oxygen atoms in total. The highest BCUT2D eigenvalue weighted by molar-refractivity contribution is 6.33. The molecular formula is C14H12Cl2FNO. The van der Waals surface area contributed by atoms with Crippen LogP contribution in [-0.4, -0.2) is 5.11 Å². The molecule has 2 rings (SSSR count). The van der Waals surface area contributed by atoms with E-state index in [9.17, 15) is 9.50 Å². The van der Waals surface area contributed by atoms with Gasteiger partial charge in [0.2, 0.25) is 0 Å². The predicted molar refractivity (Wildman–Crippen MR) is 75.9 cm³/mol. The van der Waals surface area contributed by atoms with Gasteiger partial charge in [0.1, 0.15) is 5.82 Å². The number of aliphatic hydroxyl groups excluding tert-OH is 1. The number of benzene rings is 2. The summed E-state index contributed by atoms with van der Waals surface area (Å²) >= 11 is 11.9. The van der Waals surface area contributed by atoms with Crippen molar-refractivity contribution in [3.8, 4) is 0 Å². The molecule has 0 amide bonds. The molecule has 0 saturated heterocycles. The third-order valence-corrected chi connectivity index (χ3v) is 3.43. The summed E-state index contributed by atoms with van der Waals surface area (Å²) in [5.41, 5.74) is 7.10. The van der Waals surface area contributed by atoms with Crippen molar-refractivity contribution in [3.05, 3.63) is 63.4 Å². The second kappa shape index (κ2) is 5.78. The fourth-order valence-electron chi connectivity index (χ4n) is 1.85. The van der Waals surface area contributed by atoms with E-state index in [1.807, 2.05) is 0 Å². The van der Waals surface area contributed by atoms with E-state index in [0.717, 1.165) is 0 Å². The van der Waals surface area contributed by atoms with Crippen molar-refractivity contribution in [1.82, 2.24) is 0 Å². The molecule has 0 radical (unpaired) electrons. The Morgan fingerprint density at radius 1 is 1.16 bits per heavy atom. The number of hydrogen-bond donors (Lipinski definition) is 2. The van der Waals surface area contributed by atoms with Gasteiger partial charge in [-0.1, -0.05) is 23.2 Å². The molecule has 0 spiro atoms. The van der Waals surface area contributed by atoms with Gasteiger partial charge in [0, 0.05) is 27.7 Å². The molecule has 1 atom stereocenters. The molecule has 19 heavy (non-hydrogen) atoms. The summed E-state index contributed by atoms with van der Waals surface area (Å²) in [4.78, 5) is 0. The van der Waals surface area contributed by atoms with Crippen LogP contribution in [0.15, 0.2) is 36.4 Å². The summed E-state index contributed by atoms with van der Waals surface area (Å²) < 4.78 is 13.2. The molecular weight excluding hydrogens is 288 g/mol. The zero-order valence-electron chi connectivity index (χ0n) is 9.91. The summed E-state index contributed by atoms with van der Waals surface area (Å²) in [5.74, 6) is -0.444. The Morgan fingerprint density at radius 3 is 2.63 bits per heavy atom. The number of aliphatic hydroxyl groups is 1. The number of rotatable bonds is 3. The third kappa shape index (κ3) is 3.38. The lowest BCUT2D eigenvalue weighted by atomic mass is 10.00. The standard InChI is InChI=1S/C14H12Cl2FNO/c15-9-1-3-12(16)8(5-9)6-14(19)11-7-10(17)2-4-13(11)18/h1-5,7,14,19H,6,18H2. The van der Waals surface area contributed by atoms with Crippen LogP contribution in [-0.2, 0) is 6.42 Å². The number of halogens is 3. The highest BCUT2D eigenvalue weighted by Gasteiger charge is 2.14. The zero-order chi connectivity index (χ0) is 14.0. The molecule has 0 saturated carbocycles. The lowest BCUT2D eigenvalue weighted by Crippen LogP contribution is -2.06. The largest absolute Gasteiger partial charge is 0.398 e. The van der Waals surface area contributed by atoms with Gasteiger partial charge < -0.3 is 10.8 Å². The number of anilines is 1. The lowest BCUT2D eigenvalue weighted by Gasteiger charge is -2.14. The fourth-order valence-corrected chi connectivity index (χ4v) is 2.24. The van der Waals surface area contributed by atoms with Gasteiger partial charge in [0.05, 0.1) is 6.10 Å². The molecule has 5 heteroatoms. The normalized spacial score (nSPS) is 12.4. The minimum Gasteiger partial charge on any atom is -0.398 e. The Balaban J connectivity index is 2.27. The van der Waals surface area contributed by atoms with Crippen molar-refractivity contribution in [1.29, 1.82) is 0 Å². The van der Waals surface area contributed by atoms with E-state index in [1.54, 1.807) is 18.2 Å². The molecule has 0 aliphatic heterocycles. The van der Waals surface area contributed by atoms with Crippen LogP contribution in [0.2, 0.25) is 10.0 Å². The van der Waals surface area contributed by atoms with E-state index >= 15 is 0 Å². The van der Waals surface area contributed by atoms with E-state index in [-0.39, 0.29) is 6.42 Å². The van der Waals surface area contributed by atoms with Crippen LogP contribution in [0.5, 0.6) is 0 Å². The molecule has 0 aliphatic rings. The first kappa shape index (κ1) is 14.1. The van der Waals surface area contributed by atoms with E-state index in [4.69, 9.17) is 28.9 Å². The van der Waals surface area contributed by atoms with Crippen molar-refractivity contribution in [2.24, 2.45) is 0 Å². The molecule has 1 unspecified atom stereocenters. The zero-order valence-corrected chi connectivity index (χ0v) is 11.4. The van der Waals surface area contributed by atoms with E-state index in [1.165, 1.54) is 18.2 Å². The summed E-state index contributed by atoms with van der Waals surface area (Å²) in [6, 6.07) is 8.88. The quantitative estimate of drug-likeness (QED) is 0.842. The summed E-state index contributed by atoms with van der Waals surface area (Å²) in [6.07, 6.45) is -0.723. The Hall–Kier alpha value is -1.29. The van der Waals surface area contributed by atoms with Crippen molar-refractivity contribution >= 4 is 28.9 Å². The monoisotopic (exact) mass is 299 g/mol. The van der Waals surface area contributed by atoms with Gasteiger partial charge in [-0.05, 0) is 42.0 Å². The average Bonchev–Trinajstić information content (AvgIpc) is 2.36. The second-order valence-electron chi connectivity index (χ2n) is 4.23. The Bertz CT molecular complexity index is 604. The first-order valence-electron chi connectivity index (χ1n) is 5.64. The molecule has 2 aromatic carbocycles. The topological polar surface area (TPSA) is 46.2 Å². The third-order valence-electron chi connectivity index (χ3n) is 2.83. The average molecular weight is 300 g/mol. The fraction of sp³-hybridized carbons (Fsp3) is 0.143. The summed E-state index contributed by atoms with van der Waals surface area (Å²) in [6.45, 7) is 0. The van der Waals surface area contributed by atoms with Crippen LogP contribution in [0.25, 0.3) is 0 Å². The highest BCUT2D eigenvalue weighted by atomic mass is 35.5. The van der Waals surface area contributed by atoms with Gasteiger partial charge in [0.15, 0.2) is 0 Å². The first-order valence-corrected chi connectivity index (χ1v) is 6.40. The van der Waals surface area contributed by atoms with Crippen molar-refractivity contribution in [3.63, 3.8) is 0 Å². The number of nitrogens with two attached hydrogens (primary N) is 1. The molecule has 0 aromatic heterocycles. The maximum Gasteiger partial charge on any atom is 0.123 e. The molecule has 0 heterocycles. The van der Waals surface area contributed by atoms with Crippen LogP contribution in [0, 0.1) is 5.82 Å². The second-order valence-corrected chi connectivity index (χ2v) is 5.07. The Morgan fingerprint density at radius 2 is 1.89 bits per heavy atom. The van der Waals surface area contributed by atoms with E-state index in [2.05, 4.69) is 0 Å². The van der Waals surface area contributed by atoms with Gasteiger partial charge >= 0.3 is 0 Å². The van der Waals surface area contributed by atoms with Gasteiger partial charge in [-0.3, -0.25) is 0 Å². The van der Waals surface area contributed by atoms with Crippen LogP contribution < -0.4 is 5.73 Å². The predicted octanol–water partition coefficient (Wildman–Crippen LogP) is 3.99. The van der Waals surface area contributed by atoms with Crippen molar-refractivity contribution in [2.75, 3.05) is 5.73 Å². The summed E-state index contributed by atoms with van der Waals surface area (Å²) in [7, 11) is 0. The maximum absolute atomic E-state index is 13.2. The lowest BCUT2D eigenvalue weighted by molar-refractivity contribution is 0.179. The minimum absolute atomic E-state index is 0.215. The SMILES string of the molecule is Nc1ccc(F)cc1C(O)Cc1cc(Cl)ccc1Cl. The Kier molecular flexibility index (Phi) is 4.30. The molecule has 2 aromatic rings. The molecule has 0 fully saturated rings. The molecule has 0 aliphatic carbocycles. The van der Waals surface area contributed by atoms with Crippen molar-refractivity contribution < 1.29 is 9.50 Å². The van der Waals surface area contributed by atoms with Gasteiger partial charge in [-0.15, -0.1) is 0 Å². The van der Waals surface area contributed by atoms with Gasteiger partial charge in [0.25, 0.3) is 0 Å². The molecule has 100 valence electrons. The maximum atomic E-state index is 13.2. The first-order chi connectivity index (χ1) is 8.97. The minimum atomic E-state index is -0.938. The smallest absolute Gasteiger partial charge is 0.123 e. The van der Waals surface area contributed by atoms with Gasteiger partial charge in [-0.2, -0.15) is 0 Å². The van der Waals surface area contributed by atoms with Crippen LogP contribution in [0.4, 0.5) is 10.1 Å². The van der Waals surface area contributed by atoms with Crippen molar-refractivity contribution in [2.45, 2.75) is 12.5 Å². The van der Waals surface area contributed by atoms with E-state index < -0.39 is 11.9 Å². The van der Waals surface area contributed by atoms with Crippen LogP contribution in [0.3, 0.4) is 0 Å². The summed E-state index contributed by atoms with van der Waals surface area (Å²) in [5, 5.41) is 11.2. The Labute approximate surface area is 120 Å². The molecule has 0 bridgehead atoms. The van der Waals surface area contributed by atoms with Crippen LogP contribution >= 0.6 is 23.2 Å². The van der Waals surface area contributed by atoms with E-state index in [0.29, 0.717) is 26.9 Å². The van der Waals surface area contributed by atoms with Crippen LogP contribution in [0.1, 0.15) is 17.2 Å².